The van der Waals surface area contributed by atoms with Gasteiger partial charge in [-0.25, -0.2) is 4.98 Å². The van der Waals surface area contributed by atoms with Crippen molar-refractivity contribution in [2.75, 3.05) is 0 Å². The number of hydrogen-bond donors (Lipinski definition) is 1. The molecule has 140 valence electrons. The Morgan fingerprint density at radius 1 is 1.04 bits per heavy atom. The Kier molecular flexibility index (Phi) is 5.55. The highest BCUT2D eigenvalue weighted by Crippen LogP contribution is 2.29. The highest BCUT2D eigenvalue weighted by molar-refractivity contribution is 7.13. The molecule has 0 aliphatic carbocycles. The zero-order valence-corrected chi connectivity index (χ0v) is 16.6. The van der Waals surface area contributed by atoms with E-state index >= 15 is 0 Å². The molecule has 0 bridgehead atoms. The number of nitrogens with one attached hydrogen (secondary N) is 1. The van der Waals surface area contributed by atoms with Crippen molar-refractivity contribution >= 4 is 28.8 Å². The predicted octanol–water partition coefficient (Wildman–Crippen LogP) is 5.25. The Labute approximate surface area is 172 Å². The zero-order chi connectivity index (χ0) is 19.3. The molecule has 0 saturated heterocycles. The van der Waals surface area contributed by atoms with Gasteiger partial charge in [-0.1, -0.05) is 54.1 Å². The summed E-state index contributed by atoms with van der Waals surface area (Å²) < 4.78 is 1.92. The van der Waals surface area contributed by atoms with E-state index in [1.54, 1.807) is 11.3 Å². The molecule has 0 fully saturated rings. The van der Waals surface area contributed by atoms with Gasteiger partial charge >= 0.3 is 0 Å². The number of carbonyl (C=O) groups excluding carboxylic acids is 1. The SMILES string of the molecule is O=C(Cn1cccc1-c1nc(-c2ccc(Cl)cc2)cs1)NCc1ccccc1. The lowest BCUT2D eigenvalue weighted by atomic mass is 10.2. The van der Waals surface area contributed by atoms with E-state index in [1.807, 2.05) is 82.9 Å². The molecule has 2 aromatic heterocycles. The molecule has 1 N–H and O–H groups in total. The van der Waals surface area contributed by atoms with E-state index in [2.05, 4.69) is 5.32 Å². The fourth-order valence-electron chi connectivity index (χ4n) is 2.90. The summed E-state index contributed by atoms with van der Waals surface area (Å²) in [5.74, 6) is -0.0317. The van der Waals surface area contributed by atoms with Crippen molar-refractivity contribution < 1.29 is 4.79 Å². The minimum Gasteiger partial charge on any atom is -0.350 e. The molecule has 0 unspecified atom stereocenters. The quantitative estimate of drug-likeness (QED) is 0.474. The number of nitrogens with zero attached hydrogens (tertiary/aromatic N) is 2. The van der Waals surface area contributed by atoms with Crippen LogP contribution in [0.5, 0.6) is 0 Å². The smallest absolute Gasteiger partial charge is 0.240 e. The lowest BCUT2D eigenvalue weighted by Gasteiger charge is -2.09. The summed E-state index contributed by atoms with van der Waals surface area (Å²) in [4.78, 5) is 17.1. The summed E-state index contributed by atoms with van der Waals surface area (Å²) in [6.07, 6.45) is 1.90. The van der Waals surface area contributed by atoms with Crippen molar-refractivity contribution in [1.82, 2.24) is 14.9 Å². The van der Waals surface area contributed by atoms with Crippen LogP contribution < -0.4 is 5.32 Å². The summed E-state index contributed by atoms with van der Waals surface area (Å²) in [5, 5.41) is 6.57. The molecule has 0 aliphatic heterocycles. The van der Waals surface area contributed by atoms with Crippen LogP contribution >= 0.6 is 22.9 Å². The largest absolute Gasteiger partial charge is 0.350 e. The number of rotatable bonds is 6. The summed E-state index contributed by atoms with van der Waals surface area (Å²) in [6, 6.07) is 21.4. The molecule has 0 aliphatic rings. The van der Waals surface area contributed by atoms with Crippen molar-refractivity contribution in [1.29, 1.82) is 0 Å². The number of amides is 1. The third-order valence-corrected chi connectivity index (χ3v) is 5.46. The Balaban J connectivity index is 1.45. The molecule has 0 atom stereocenters. The zero-order valence-electron chi connectivity index (χ0n) is 15.0. The van der Waals surface area contributed by atoms with Crippen molar-refractivity contribution in [2.45, 2.75) is 13.1 Å². The van der Waals surface area contributed by atoms with Crippen LogP contribution in [0, 0.1) is 0 Å². The van der Waals surface area contributed by atoms with Crippen LogP contribution in [0.2, 0.25) is 5.02 Å². The van der Waals surface area contributed by atoms with E-state index in [4.69, 9.17) is 16.6 Å². The van der Waals surface area contributed by atoms with Crippen LogP contribution in [-0.4, -0.2) is 15.5 Å². The highest BCUT2D eigenvalue weighted by atomic mass is 35.5. The molecular weight excluding hydrogens is 390 g/mol. The van der Waals surface area contributed by atoms with Crippen LogP contribution in [0.15, 0.2) is 78.3 Å². The van der Waals surface area contributed by atoms with E-state index < -0.39 is 0 Å². The predicted molar refractivity (Wildman–Crippen MR) is 114 cm³/mol. The Hall–Kier alpha value is -2.89. The summed E-state index contributed by atoms with van der Waals surface area (Å²) in [7, 11) is 0. The van der Waals surface area contributed by atoms with E-state index in [0.717, 1.165) is 27.5 Å². The van der Waals surface area contributed by atoms with E-state index in [-0.39, 0.29) is 12.5 Å². The van der Waals surface area contributed by atoms with Gasteiger partial charge in [0.1, 0.15) is 11.6 Å². The van der Waals surface area contributed by atoms with Gasteiger partial charge in [-0.2, -0.15) is 0 Å². The summed E-state index contributed by atoms with van der Waals surface area (Å²) >= 11 is 7.52. The van der Waals surface area contributed by atoms with Gasteiger partial charge in [0, 0.05) is 28.7 Å². The van der Waals surface area contributed by atoms with Crippen LogP contribution in [0.4, 0.5) is 0 Å². The molecule has 2 aromatic carbocycles. The van der Waals surface area contributed by atoms with Crippen molar-refractivity contribution in [3.63, 3.8) is 0 Å². The Bertz CT molecular complexity index is 1070. The number of halogens is 1. The first-order chi connectivity index (χ1) is 13.7. The van der Waals surface area contributed by atoms with Gasteiger partial charge in [0.15, 0.2) is 0 Å². The lowest BCUT2D eigenvalue weighted by Crippen LogP contribution is -2.27. The van der Waals surface area contributed by atoms with Gasteiger partial charge in [-0.05, 0) is 29.8 Å². The first-order valence-electron chi connectivity index (χ1n) is 8.86. The van der Waals surface area contributed by atoms with E-state index in [9.17, 15) is 4.79 Å². The molecular formula is C22H18ClN3OS. The number of aromatic nitrogens is 2. The lowest BCUT2D eigenvalue weighted by molar-refractivity contribution is -0.121. The van der Waals surface area contributed by atoms with Gasteiger partial charge in [-0.3, -0.25) is 4.79 Å². The van der Waals surface area contributed by atoms with Crippen molar-refractivity contribution in [2.24, 2.45) is 0 Å². The monoisotopic (exact) mass is 407 g/mol. The van der Waals surface area contributed by atoms with Crippen LogP contribution in [0.1, 0.15) is 5.56 Å². The maximum absolute atomic E-state index is 12.4. The number of hydrogen-bond acceptors (Lipinski definition) is 3. The van der Waals surface area contributed by atoms with Gasteiger partial charge in [0.05, 0.1) is 11.4 Å². The van der Waals surface area contributed by atoms with E-state index in [1.165, 1.54) is 0 Å². The maximum atomic E-state index is 12.4. The maximum Gasteiger partial charge on any atom is 0.240 e. The molecule has 0 saturated carbocycles. The number of thiazole rings is 1. The number of benzene rings is 2. The molecule has 0 radical (unpaired) electrons. The molecule has 4 rings (SSSR count). The van der Waals surface area contributed by atoms with Gasteiger partial charge in [0.25, 0.3) is 0 Å². The molecule has 1 amide bonds. The minimum absolute atomic E-state index is 0.0317. The molecule has 2 heterocycles. The minimum atomic E-state index is -0.0317. The van der Waals surface area contributed by atoms with Crippen LogP contribution in [-0.2, 0) is 17.9 Å². The second-order valence-electron chi connectivity index (χ2n) is 6.33. The highest BCUT2D eigenvalue weighted by Gasteiger charge is 2.12. The normalized spacial score (nSPS) is 10.8. The molecule has 0 spiro atoms. The summed E-state index contributed by atoms with van der Waals surface area (Å²) in [5.41, 5.74) is 3.93. The average molecular weight is 408 g/mol. The van der Waals surface area contributed by atoms with E-state index in [0.29, 0.717) is 11.6 Å². The molecule has 4 nitrogen and oxygen atoms in total. The third kappa shape index (κ3) is 4.32. The molecule has 28 heavy (non-hydrogen) atoms. The fraction of sp³-hybridized carbons (Fsp3) is 0.0909. The molecule has 6 heteroatoms. The first kappa shape index (κ1) is 18.5. The average Bonchev–Trinajstić information content (AvgIpc) is 3.37. The van der Waals surface area contributed by atoms with Gasteiger partial charge in [-0.15, -0.1) is 11.3 Å². The van der Waals surface area contributed by atoms with Gasteiger partial charge < -0.3 is 9.88 Å². The Morgan fingerprint density at radius 3 is 2.61 bits per heavy atom. The topological polar surface area (TPSA) is 46.9 Å². The Morgan fingerprint density at radius 2 is 1.82 bits per heavy atom. The number of carbonyl (C=O) groups is 1. The van der Waals surface area contributed by atoms with Crippen molar-refractivity contribution in [3.05, 3.63) is 88.9 Å². The second-order valence-corrected chi connectivity index (χ2v) is 7.62. The summed E-state index contributed by atoms with van der Waals surface area (Å²) in [6.45, 7) is 0.777. The standard InChI is InChI=1S/C22H18ClN3OS/c23-18-10-8-17(9-11-18)19-15-28-22(25-19)20-7-4-12-26(20)14-21(27)24-13-16-5-2-1-3-6-16/h1-12,15H,13-14H2,(H,24,27). The first-order valence-corrected chi connectivity index (χ1v) is 10.1. The molecule has 4 aromatic rings. The van der Waals surface area contributed by atoms with Crippen LogP contribution in [0.3, 0.4) is 0 Å². The third-order valence-electron chi connectivity index (χ3n) is 4.34. The second kappa shape index (κ2) is 8.42. The van der Waals surface area contributed by atoms with Crippen molar-refractivity contribution in [3.8, 4) is 22.0 Å². The fourth-order valence-corrected chi connectivity index (χ4v) is 3.89. The van der Waals surface area contributed by atoms with Crippen LogP contribution in [0.25, 0.3) is 22.0 Å². The van der Waals surface area contributed by atoms with Gasteiger partial charge in [0.2, 0.25) is 5.91 Å².